The number of nitrogens with zero attached hydrogens (tertiary/aromatic N) is 2. The van der Waals surface area contributed by atoms with Crippen molar-refractivity contribution in [3.05, 3.63) is 64.6 Å². The van der Waals surface area contributed by atoms with E-state index in [1.165, 1.54) is 23.9 Å². The van der Waals surface area contributed by atoms with Crippen LogP contribution in [0.2, 0.25) is 0 Å². The van der Waals surface area contributed by atoms with Gasteiger partial charge in [-0.2, -0.15) is 0 Å². The number of likely N-dealkylation sites (N-methyl/N-ethyl adjacent to an activating group) is 1. The fourth-order valence-corrected chi connectivity index (χ4v) is 3.74. The highest BCUT2D eigenvalue weighted by molar-refractivity contribution is 8.18. The van der Waals surface area contributed by atoms with Gasteiger partial charge in [-0.1, -0.05) is 18.2 Å². The molecular formula is C21H20N2O4S. The molecule has 1 aliphatic heterocycles. The van der Waals surface area contributed by atoms with Crippen LogP contribution in [0.3, 0.4) is 0 Å². The third kappa shape index (κ3) is 4.26. The van der Waals surface area contributed by atoms with E-state index in [9.17, 15) is 9.59 Å². The topological polar surface area (TPSA) is 79.2 Å². The molecule has 1 aliphatic rings. The molecule has 144 valence electrons. The van der Waals surface area contributed by atoms with E-state index in [4.69, 9.17) is 9.84 Å². The summed E-state index contributed by atoms with van der Waals surface area (Å²) in [6.45, 7) is 4.83. The summed E-state index contributed by atoms with van der Waals surface area (Å²) in [4.78, 5) is 30.5. The zero-order valence-corrected chi connectivity index (χ0v) is 16.4. The number of amides is 1. The molecule has 0 radical (unpaired) electrons. The second-order valence-electron chi connectivity index (χ2n) is 5.88. The lowest BCUT2D eigenvalue weighted by atomic mass is 10.2. The van der Waals surface area contributed by atoms with Crippen molar-refractivity contribution < 1.29 is 19.4 Å². The number of carboxylic acid groups (broad SMARTS) is 1. The Hall–Kier alpha value is -3.06. The zero-order chi connectivity index (χ0) is 20.1. The summed E-state index contributed by atoms with van der Waals surface area (Å²) < 4.78 is 5.63. The van der Waals surface area contributed by atoms with Gasteiger partial charge in [-0.15, -0.1) is 0 Å². The minimum Gasteiger partial charge on any atom is -0.493 e. The Labute approximate surface area is 167 Å². The standard InChI is InChI=1S/C21H20N2O4S/c1-3-23-19(24)18(13-15-7-5-6-8-17(15)27-4-2)28-21(23)22-16-11-9-14(10-12-16)20(25)26/h5-13H,3-4H2,1-2H3,(H,25,26)/b18-13+,22-21?. The number of benzene rings is 2. The molecule has 1 fully saturated rings. The highest BCUT2D eigenvalue weighted by Crippen LogP contribution is 2.35. The zero-order valence-electron chi connectivity index (χ0n) is 15.6. The molecular weight excluding hydrogens is 376 g/mol. The van der Waals surface area contributed by atoms with E-state index < -0.39 is 5.97 Å². The highest BCUT2D eigenvalue weighted by Gasteiger charge is 2.32. The molecule has 0 spiro atoms. The number of ether oxygens (including phenoxy) is 1. The third-order valence-electron chi connectivity index (χ3n) is 4.05. The van der Waals surface area contributed by atoms with E-state index in [1.54, 1.807) is 17.0 Å². The molecule has 0 saturated carbocycles. The van der Waals surface area contributed by atoms with Crippen molar-refractivity contribution in [1.29, 1.82) is 0 Å². The summed E-state index contributed by atoms with van der Waals surface area (Å²) in [6, 6.07) is 13.8. The first kappa shape index (κ1) is 19.7. The number of rotatable bonds is 6. The van der Waals surface area contributed by atoms with Crippen LogP contribution in [0.25, 0.3) is 6.08 Å². The van der Waals surface area contributed by atoms with Crippen molar-refractivity contribution >= 4 is 40.6 Å². The van der Waals surface area contributed by atoms with E-state index in [-0.39, 0.29) is 11.5 Å². The van der Waals surface area contributed by atoms with Gasteiger partial charge in [0.2, 0.25) is 0 Å². The average Bonchev–Trinajstić information content (AvgIpc) is 2.98. The molecule has 2 aromatic carbocycles. The first-order valence-corrected chi connectivity index (χ1v) is 9.70. The molecule has 28 heavy (non-hydrogen) atoms. The van der Waals surface area contributed by atoms with Crippen LogP contribution >= 0.6 is 11.8 Å². The Kier molecular flexibility index (Phi) is 6.16. The number of carbonyl (C=O) groups excluding carboxylic acids is 1. The van der Waals surface area contributed by atoms with Crippen LogP contribution in [0.1, 0.15) is 29.8 Å². The number of aliphatic imine (C=N–C) groups is 1. The Morgan fingerprint density at radius 3 is 2.54 bits per heavy atom. The minimum atomic E-state index is -0.988. The van der Waals surface area contributed by atoms with Gasteiger partial charge in [0.1, 0.15) is 5.75 Å². The fourth-order valence-electron chi connectivity index (χ4n) is 2.69. The first-order valence-electron chi connectivity index (χ1n) is 8.88. The highest BCUT2D eigenvalue weighted by atomic mass is 32.2. The second-order valence-corrected chi connectivity index (χ2v) is 6.89. The molecule has 0 atom stereocenters. The molecule has 0 aromatic heterocycles. The minimum absolute atomic E-state index is 0.111. The molecule has 6 nitrogen and oxygen atoms in total. The molecule has 3 rings (SSSR count). The molecule has 1 amide bonds. The third-order valence-corrected chi connectivity index (χ3v) is 5.06. The fraction of sp³-hybridized carbons (Fsp3) is 0.190. The number of thioether (sulfide) groups is 1. The molecule has 7 heteroatoms. The van der Waals surface area contributed by atoms with E-state index >= 15 is 0 Å². The number of para-hydroxylation sites is 1. The van der Waals surface area contributed by atoms with Crippen LogP contribution in [0.5, 0.6) is 5.75 Å². The Morgan fingerprint density at radius 1 is 1.18 bits per heavy atom. The summed E-state index contributed by atoms with van der Waals surface area (Å²) in [6.07, 6.45) is 1.82. The van der Waals surface area contributed by atoms with Crippen LogP contribution < -0.4 is 4.74 Å². The second kappa shape index (κ2) is 8.75. The predicted molar refractivity (Wildman–Crippen MR) is 111 cm³/mol. The summed E-state index contributed by atoms with van der Waals surface area (Å²) in [5.74, 6) is -0.374. The lowest BCUT2D eigenvalue weighted by Gasteiger charge is -2.12. The van der Waals surface area contributed by atoms with Crippen molar-refractivity contribution in [3.63, 3.8) is 0 Å². The van der Waals surface area contributed by atoms with Gasteiger partial charge in [0.15, 0.2) is 5.17 Å². The summed E-state index contributed by atoms with van der Waals surface area (Å²) in [5, 5.41) is 9.57. The Balaban J connectivity index is 1.91. The maximum Gasteiger partial charge on any atom is 0.335 e. The lowest BCUT2D eigenvalue weighted by Crippen LogP contribution is -2.28. The SMILES string of the molecule is CCOc1ccccc1/C=C1/SC(=Nc2ccc(C(=O)O)cc2)N(CC)C1=O. The van der Waals surface area contributed by atoms with Crippen molar-refractivity contribution in [2.24, 2.45) is 4.99 Å². The molecule has 1 saturated heterocycles. The van der Waals surface area contributed by atoms with Gasteiger partial charge in [-0.05, 0) is 62.0 Å². The van der Waals surface area contributed by atoms with Crippen LogP contribution in [0, 0.1) is 0 Å². The molecule has 1 N–H and O–H groups in total. The normalized spacial score (nSPS) is 16.8. The van der Waals surface area contributed by atoms with Crippen LogP contribution in [-0.4, -0.2) is 40.2 Å². The van der Waals surface area contributed by atoms with Crippen LogP contribution in [-0.2, 0) is 4.79 Å². The first-order chi connectivity index (χ1) is 13.5. The predicted octanol–water partition coefficient (Wildman–Crippen LogP) is 4.41. The van der Waals surface area contributed by atoms with Gasteiger partial charge in [0.25, 0.3) is 5.91 Å². The van der Waals surface area contributed by atoms with Crippen molar-refractivity contribution in [3.8, 4) is 5.75 Å². The van der Waals surface area contributed by atoms with Crippen LogP contribution in [0.4, 0.5) is 5.69 Å². The van der Waals surface area contributed by atoms with Crippen LogP contribution in [0.15, 0.2) is 58.4 Å². The number of hydrogen-bond donors (Lipinski definition) is 1. The molecule has 2 aromatic rings. The van der Waals surface area contributed by atoms with Gasteiger partial charge in [-0.25, -0.2) is 9.79 Å². The van der Waals surface area contributed by atoms with E-state index in [0.717, 1.165) is 11.3 Å². The van der Waals surface area contributed by atoms with Gasteiger partial charge in [-0.3, -0.25) is 9.69 Å². The maximum atomic E-state index is 12.8. The van der Waals surface area contributed by atoms with Crippen molar-refractivity contribution in [2.45, 2.75) is 13.8 Å². The largest absolute Gasteiger partial charge is 0.493 e. The van der Waals surface area contributed by atoms with Gasteiger partial charge in [0, 0.05) is 12.1 Å². The lowest BCUT2D eigenvalue weighted by molar-refractivity contribution is -0.122. The number of aromatic carboxylic acids is 1. The maximum absolute atomic E-state index is 12.8. The summed E-state index contributed by atoms with van der Waals surface area (Å²) in [5.41, 5.74) is 1.62. The molecule has 1 heterocycles. The number of hydrogen-bond acceptors (Lipinski definition) is 5. The van der Waals surface area contributed by atoms with Crippen molar-refractivity contribution in [1.82, 2.24) is 4.90 Å². The summed E-state index contributed by atoms with van der Waals surface area (Å²) in [7, 11) is 0. The smallest absolute Gasteiger partial charge is 0.335 e. The van der Waals surface area contributed by atoms with E-state index in [0.29, 0.717) is 28.9 Å². The molecule has 0 aliphatic carbocycles. The van der Waals surface area contributed by atoms with E-state index in [1.807, 2.05) is 44.2 Å². The van der Waals surface area contributed by atoms with Gasteiger partial charge < -0.3 is 9.84 Å². The van der Waals surface area contributed by atoms with Crippen molar-refractivity contribution in [2.75, 3.05) is 13.2 Å². The number of amidine groups is 1. The number of carbonyl (C=O) groups is 2. The Morgan fingerprint density at radius 2 is 1.89 bits per heavy atom. The average molecular weight is 396 g/mol. The quantitative estimate of drug-likeness (QED) is 0.732. The van der Waals surface area contributed by atoms with Gasteiger partial charge in [0.05, 0.1) is 22.8 Å². The van der Waals surface area contributed by atoms with Gasteiger partial charge >= 0.3 is 5.97 Å². The van der Waals surface area contributed by atoms with E-state index in [2.05, 4.69) is 4.99 Å². The Bertz CT molecular complexity index is 951. The monoisotopic (exact) mass is 396 g/mol. The summed E-state index contributed by atoms with van der Waals surface area (Å²) >= 11 is 1.29. The number of carboxylic acids is 1. The molecule has 0 bridgehead atoms. The molecule has 0 unspecified atom stereocenters.